The average molecular weight is 250 g/mol. The van der Waals surface area contributed by atoms with Crippen molar-refractivity contribution in [3.05, 3.63) is 24.3 Å². The van der Waals surface area contributed by atoms with Gasteiger partial charge in [-0.05, 0) is 31.2 Å². The van der Waals surface area contributed by atoms with Gasteiger partial charge >= 0.3 is 6.03 Å². The number of amides is 2. The maximum Gasteiger partial charge on any atom is 0.322 e. The highest BCUT2D eigenvalue weighted by Gasteiger charge is 2.12. The van der Waals surface area contributed by atoms with Crippen LogP contribution in [0.2, 0.25) is 0 Å². The van der Waals surface area contributed by atoms with E-state index >= 15 is 0 Å². The quantitative estimate of drug-likeness (QED) is 0.546. The van der Waals surface area contributed by atoms with Gasteiger partial charge in [0.05, 0.1) is 13.7 Å². The molecule has 0 unspecified atom stereocenters. The van der Waals surface area contributed by atoms with Gasteiger partial charge in [0.25, 0.3) is 0 Å². The van der Waals surface area contributed by atoms with E-state index in [1.165, 1.54) is 4.90 Å². The van der Waals surface area contributed by atoms with Crippen molar-refractivity contribution in [1.29, 1.82) is 5.41 Å². The predicted octanol–water partition coefficient (Wildman–Crippen LogP) is 1.48. The number of hydrogen-bond donors (Lipinski definition) is 3. The fraction of sp³-hybridized carbons (Fsp3) is 0.333. The first-order valence-corrected chi connectivity index (χ1v) is 5.59. The van der Waals surface area contributed by atoms with Crippen LogP contribution in [0.4, 0.5) is 10.5 Å². The lowest BCUT2D eigenvalue weighted by molar-refractivity contribution is 0.221. The van der Waals surface area contributed by atoms with Crippen molar-refractivity contribution in [1.82, 2.24) is 4.90 Å². The SMILES string of the molecule is CCN(CC(=N)N)C(=O)Nc1ccc(OC)cc1. The molecule has 0 atom stereocenters. The number of amidine groups is 1. The molecule has 0 spiro atoms. The van der Waals surface area contributed by atoms with Crippen LogP contribution in [0, 0.1) is 5.41 Å². The second kappa shape index (κ2) is 6.48. The topological polar surface area (TPSA) is 91.4 Å². The van der Waals surface area contributed by atoms with Crippen LogP contribution in [0.5, 0.6) is 5.75 Å². The highest BCUT2D eigenvalue weighted by molar-refractivity contribution is 5.92. The summed E-state index contributed by atoms with van der Waals surface area (Å²) in [6, 6.07) is 6.74. The molecule has 0 saturated carbocycles. The third-order valence-corrected chi connectivity index (χ3v) is 2.37. The summed E-state index contributed by atoms with van der Waals surface area (Å²) in [5.74, 6) is 0.686. The fourth-order valence-electron chi connectivity index (χ4n) is 1.41. The minimum absolute atomic E-state index is 0.0401. The smallest absolute Gasteiger partial charge is 0.322 e. The number of ether oxygens (including phenoxy) is 1. The Labute approximate surface area is 106 Å². The average Bonchev–Trinajstić information content (AvgIpc) is 2.36. The van der Waals surface area contributed by atoms with Crippen molar-refractivity contribution >= 4 is 17.6 Å². The number of hydrogen-bond acceptors (Lipinski definition) is 3. The molecule has 0 saturated heterocycles. The van der Waals surface area contributed by atoms with E-state index in [0.29, 0.717) is 12.2 Å². The van der Waals surface area contributed by atoms with E-state index in [1.54, 1.807) is 31.4 Å². The maximum atomic E-state index is 11.9. The zero-order valence-electron chi connectivity index (χ0n) is 10.6. The molecule has 0 bridgehead atoms. The van der Waals surface area contributed by atoms with Gasteiger partial charge in [-0.3, -0.25) is 5.41 Å². The van der Waals surface area contributed by atoms with E-state index < -0.39 is 0 Å². The van der Waals surface area contributed by atoms with Crippen LogP contribution >= 0.6 is 0 Å². The number of benzene rings is 1. The summed E-state index contributed by atoms with van der Waals surface area (Å²) in [6.45, 7) is 2.44. The first kappa shape index (κ1) is 13.8. The summed E-state index contributed by atoms with van der Waals surface area (Å²) in [5.41, 5.74) is 5.95. The zero-order valence-corrected chi connectivity index (χ0v) is 10.6. The van der Waals surface area contributed by atoms with E-state index in [2.05, 4.69) is 5.32 Å². The van der Waals surface area contributed by atoms with Crippen molar-refractivity contribution in [2.24, 2.45) is 5.73 Å². The van der Waals surface area contributed by atoms with Crippen LogP contribution in [-0.2, 0) is 0 Å². The molecule has 2 amide bonds. The number of likely N-dealkylation sites (N-methyl/N-ethyl adjacent to an activating group) is 1. The molecule has 0 radical (unpaired) electrons. The standard InChI is InChI=1S/C12H18N4O2/c1-3-16(8-11(13)14)12(17)15-9-4-6-10(18-2)7-5-9/h4-7H,3,8H2,1-2H3,(H3,13,14)(H,15,17). The van der Waals surface area contributed by atoms with E-state index in [0.717, 1.165) is 5.75 Å². The number of rotatable bonds is 5. The Morgan fingerprint density at radius 1 is 1.44 bits per heavy atom. The molecule has 6 heteroatoms. The fourth-order valence-corrected chi connectivity index (χ4v) is 1.41. The van der Waals surface area contributed by atoms with E-state index in [1.807, 2.05) is 6.92 Å². The van der Waals surface area contributed by atoms with Crippen molar-refractivity contribution in [2.75, 3.05) is 25.5 Å². The van der Waals surface area contributed by atoms with E-state index in [4.69, 9.17) is 15.9 Å². The van der Waals surface area contributed by atoms with E-state index in [9.17, 15) is 4.79 Å². The molecule has 0 heterocycles. The van der Waals surface area contributed by atoms with Crippen molar-refractivity contribution in [3.63, 3.8) is 0 Å². The minimum Gasteiger partial charge on any atom is -0.497 e. The van der Waals surface area contributed by atoms with Crippen LogP contribution in [0.15, 0.2) is 24.3 Å². The Morgan fingerprint density at radius 2 is 2.06 bits per heavy atom. The molecule has 0 fully saturated rings. The molecule has 6 nitrogen and oxygen atoms in total. The van der Waals surface area contributed by atoms with Crippen LogP contribution in [-0.4, -0.2) is 37.0 Å². The maximum absolute atomic E-state index is 11.9. The summed E-state index contributed by atoms with van der Waals surface area (Å²) in [4.78, 5) is 13.3. The monoisotopic (exact) mass is 250 g/mol. The Bertz CT molecular complexity index is 417. The summed E-state index contributed by atoms with van der Waals surface area (Å²) in [5, 5.41) is 9.92. The number of carbonyl (C=O) groups is 1. The molecule has 0 aromatic heterocycles. The predicted molar refractivity (Wildman–Crippen MR) is 71.2 cm³/mol. The summed E-state index contributed by atoms with van der Waals surface area (Å²) in [7, 11) is 1.58. The van der Waals surface area contributed by atoms with Crippen LogP contribution in [0.25, 0.3) is 0 Å². The van der Waals surface area contributed by atoms with Gasteiger partial charge in [0, 0.05) is 12.2 Å². The second-order valence-corrected chi connectivity index (χ2v) is 3.70. The number of methoxy groups -OCH3 is 1. The number of nitrogens with one attached hydrogen (secondary N) is 2. The van der Waals surface area contributed by atoms with E-state index in [-0.39, 0.29) is 18.4 Å². The molecule has 1 rings (SSSR count). The summed E-state index contributed by atoms with van der Waals surface area (Å²) < 4.78 is 5.03. The third-order valence-electron chi connectivity index (χ3n) is 2.37. The summed E-state index contributed by atoms with van der Waals surface area (Å²) >= 11 is 0. The molecule has 1 aromatic carbocycles. The Hall–Kier alpha value is -2.24. The molecular weight excluding hydrogens is 232 g/mol. The Balaban J connectivity index is 2.64. The van der Waals surface area contributed by atoms with Gasteiger partial charge in [-0.25, -0.2) is 4.79 Å². The van der Waals surface area contributed by atoms with Gasteiger partial charge in [0.1, 0.15) is 11.6 Å². The van der Waals surface area contributed by atoms with Crippen LogP contribution in [0.1, 0.15) is 6.92 Å². The number of carbonyl (C=O) groups excluding carboxylic acids is 1. The van der Waals surface area contributed by atoms with Crippen molar-refractivity contribution in [3.8, 4) is 5.75 Å². The van der Waals surface area contributed by atoms with Crippen LogP contribution < -0.4 is 15.8 Å². The molecule has 18 heavy (non-hydrogen) atoms. The van der Waals surface area contributed by atoms with Crippen LogP contribution in [0.3, 0.4) is 0 Å². The first-order valence-electron chi connectivity index (χ1n) is 5.59. The Kier molecular flexibility index (Phi) is 4.98. The molecule has 0 aliphatic heterocycles. The van der Waals surface area contributed by atoms with Gasteiger partial charge in [0.2, 0.25) is 0 Å². The largest absolute Gasteiger partial charge is 0.497 e. The summed E-state index contributed by atoms with van der Waals surface area (Å²) in [6.07, 6.45) is 0. The van der Waals surface area contributed by atoms with Gasteiger partial charge in [-0.2, -0.15) is 0 Å². The molecule has 0 aliphatic carbocycles. The lowest BCUT2D eigenvalue weighted by atomic mass is 10.3. The number of nitrogens with zero attached hydrogens (tertiary/aromatic N) is 1. The number of nitrogens with two attached hydrogens (primary N) is 1. The molecule has 0 aliphatic rings. The van der Waals surface area contributed by atoms with Gasteiger partial charge in [-0.15, -0.1) is 0 Å². The highest BCUT2D eigenvalue weighted by Crippen LogP contribution is 2.15. The second-order valence-electron chi connectivity index (χ2n) is 3.70. The third kappa shape index (κ3) is 3.97. The lowest BCUT2D eigenvalue weighted by Gasteiger charge is -2.20. The van der Waals surface area contributed by atoms with Crippen molar-refractivity contribution in [2.45, 2.75) is 6.92 Å². The van der Waals surface area contributed by atoms with Gasteiger partial charge in [0.15, 0.2) is 0 Å². The number of anilines is 1. The molecule has 4 N–H and O–H groups in total. The highest BCUT2D eigenvalue weighted by atomic mass is 16.5. The Morgan fingerprint density at radius 3 is 2.50 bits per heavy atom. The molecular formula is C12H18N4O2. The van der Waals surface area contributed by atoms with Gasteiger partial charge in [-0.1, -0.05) is 0 Å². The molecule has 1 aromatic rings. The minimum atomic E-state index is -0.280. The normalized spacial score (nSPS) is 9.67. The van der Waals surface area contributed by atoms with Gasteiger partial charge < -0.3 is 20.7 Å². The first-order chi connectivity index (χ1) is 8.56. The molecule has 98 valence electrons. The zero-order chi connectivity index (χ0) is 13.5. The van der Waals surface area contributed by atoms with Crippen molar-refractivity contribution < 1.29 is 9.53 Å². The lowest BCUT2D eigenvalue weighted by Crippen LogP contribution is -2.40. The number of urea groups is 1.